The largest absolute Gasteiger partial charge is 0.415 e. The minimum Gasteiger partial charge on any atom is -0.415 e. The minimum absolute atomic E-state index is 0.0827. The first-order valence-corrected chi connectivity index (χ1v) is 9.91. The summed E-state index contributed by atoms with van der Waals surface area (Å²) in [6, 6.07) is 8.35. The number of hydrogen-bond acceptors (Lipinski definition) is 6. The second kappa shape index (κ2) is 7.40. The third-order valence-electron chi connectivity index (χ3n) is 3.83. The lowest BCUT2D eigenvalue weighted by Crippen LogP contribution is -2.43. The maximum atomic E-state index is 12.7. The first kappa shape index (κ1) is 16.4. The molecule has 0 N–H and O–H groups in total. The molecule has 1 unspecified atom stereocenters. The Morgan fingerprint density at radius 1 is 1.39 bits per heavy atom. The highest BCUT2D eigenvalue weighted by molar-refractivity contribution is 7.99. The normalized spacial score (nSPS) is 17.1. The highest BCUT2D eigenvalue weighted by Gasteiger charge is 2.28. The fourth-order valence-electron chi connectivity index (χ4n) is 2.74. The Morgan fingerprint density at radius 3 is 3.04 bits per heavy atom. The van der Waals surface area contributed by atoms with Crippen LogP contribution in [0.3, 0.4) is 0 Å². The summed E-state index contributed by atoms with van der Waals surface area (Å²) >= 11 is 2.93. The summed E-state index contributed by atoms with van der Waals surface area (Å²) in [5, 5.41) is 8.40. The smallest absolute Gasteiger partial charge is 0.277 e. The summed E-state index contributed by atoms with van der Waals surface area (Å²) in [6.45, 7) is 2.10. The highest BCUT2D eigenvalue weighted by atomic mass is 32.2. The molecule has 3 rings (SSSR count). The van der Waals surface area contributed by atoms with Crippen molar-refractivity contribution >= 4 is 35.1 Å². The predicted octanol–water partition coefficient (Wildman–Crippen LogP) is 3.39. The van der Waals surface area contributed by atoms with Crippen LogP contribution in [0.2, 0.25) is 0 Å². The van der Waals surface area contributed by atoms with E-state index in [2.05, 4.69) is 23.2 Å². The molecule has 23 heavy (non-hydrogen) atoms. The van der Waals surface area contributed by atoms with E-state index in [1.807, 2.05) is 29.4 Å². The van der Waals surface area contributed by atoms with Crippen molar-refractivity contribution in [1.82, 2.24) is 10.2 Å². The van der Waals surface area contributed by atoms with Gasteiger partial charge in [-0.25, -0.2) is 0 Å². The number of hydrogen-bond donors (Lipinski definition) is 0. The predicted molar refractivity (Wildman–Crippen MR) is 94.0 cm³/mol. The number of carbonyl (C=O) groups excluding carboxylic acids is 1. The molecular formula is C16H19N3O2S2. The molecule has 2 heterocycles. The van der Waals surface area contributed by atoms with Gasteiger partial charge in [0.2, 0.25) is 11.8 Å². The third-order valence-corrected chi connectivity index (χ3v) is 5.17. The lowest BCUT2D eigenvalue weighted by atomic mass is 9.97. The van der Waals surface area contributed by atoms with Crippen molar-refractivity contribution in [2.45, 2.75) is 36.8 Å². The molecule has 0 spiro atoms. The van der Waals surface area contributed by atoms with Gasteiger partial charge in [0, 0.05) is 11.7 Å². The molecule has 0 radical (unpaired) electrons. The van der Waals surface area contributed by atoms with Gasteiger partial charge in [-0.3, -0.25) is 4.79 Å². The maximum Gasteiger partial charge on any atom is 0.277 e. The quantitative estimate of drug-likeness (QED) is 0.771. The SMILES string of the molecule is CSCc1nnc(SCC(=O)N2c3ccccc3CCC2C)o1. The molecule has 5 nitrogen and oxygen atoms in total. The van der Waals surface area contributed by atoms with Gasteiger partial charge in [-0.1, -0.05) is 30.0 Å². The molecule has 0 bridgehead atoms. The average molecular weight is 349 g/mol. The molecule has 122 valence electrons. The molecule has 0 aliphatic carbocycles. The zero-order valence-corrected chi connectivity index (χ0v) is 14.8. The summed E-state index contributed by atoms with van der Waals surface area (Å²) in [6.07, 6.45) is 4.00. The van der Waals surface area contributed by atoms with Gasteiger partial charge in [-0.15, -0.1) is 10.2 Å². The van der Waals surface area contributed by atoms with Gasteiger partial charge >= 0.3 is 0 Å². The van der Waals surface area contributed by atoms with Crippen LogP contribution in [0.4, 0.5) is 5.69 Å². The van der Waals surface area contributed by atoms with E-state index < -0.39 is 0 Å². The van der Waals surface area contributed by atoms with Gasteiger partial charge in [0.25, 0.3) is 5.22 Å². The van der Waals surface area contributed by atoms with Gasteiger partial charge in [0.05, 0.1) is 11.5 Å². The Balaban J connectivity index is 1.68. The van der Waals surface area contributed by atoms with Crippen LogP contribution in [-0.2, 0) is 17.0 Å². The number of anilines is 1. The Morgan fingerprint density at radius 2 is 2.22 bits per heavy atom. The van der Waals surface area contributed by atoms with Crippen molar-refractivity contribution in [3.05, 3.63) is 35.7 Å². The molecule has 1 aromatic carbocycles. The fraction of sp³-hybridized carbons (Fsp3) is 0.438. The molecule has 2 aromatic rings. The number of nitrogens with zero attached hydrogens (tertiary/aromatic N) is 3. The van der Waals surface area contributed by atoms with Crippen LogP contribution in [0.15, 0.2) is 33.9 Å². The standard InChI is InChI=1S/C16H19N3O2S2/c1-11-7-8-12-5-3-4-6-13(12)19(11)15(20)10-23-16-18-17-14(21-16)9-22-2/h3-6,11H,7-10H2,1-2H3. The number of carbonyl (C=O) groups is 1. The number of aryl methyl sites for hydroxylation is 1. The van der Waals surface area contributed by atoms with Crippen molar-refractivity contribution in [3.63, 3.8) is 0 Å². The van der Waals surface area contributed by atoms with Crippen LogP contribution in [0.5, 0.6) is 0 Å². The molecule has 0 saturated carbocycles. The molecule has 1 amide bonds. The van der Waals surface area contributed by atoms with Crippen LogP contribution in [0.25, 0.3) is 0 Å². The zero-order chi connectivity index (χ0) is 16.2. The number of rotatable bonds is 5. The minimum atomic E-state index is 0.0827. The number of para-hydroxylation sites is 1. The van der Waals surface area contributed by atoms with Crippen LogP contribution in [0.1, 0.15) is 24.8 Å². The Labute approximate surface area is 144 Å². The Bertz CT molecular complexity index is 689. The van der Waals surface area contributed by atoms with Gasteiger partial charge in [0.1, 0.15) is 0 Å². The van der Waals surface area contributed by atoms with E-state index in [9.17, 15) is 4.79 Å². The van der Waals surface area contributed by atoms with E-state index >= 15 is 0 Å². The first-order valence-electron chi connectivity index (χ1n) is 7.53. The van der Waals surface area contributed by atoms with E-state index in [0.29, 0.717) is 22.6 Å². The van der Waals surface area contributed by atoms with Crippen LogP contribution < -0.4 is 4.90 Å². The van der Waals surface area contributed by atoms with E-state index in [1.165, 1.54) is 17.3 Å². The Kier molecular flexibility index (Phi) is 5.27. The average Bonchev–Trinajstić information content (AvgIpc) is 3.00. The highest BCUT2D eigenvalue weighted by Crippen LogP contribution is 2.31. The van der Waals surface area contributed by atoms with Gasteiger partial charge in [-0.2, -0.15) is 11.8 Å². The number of fused-ring (bicyclic) bond motifs is 1. The summed E-state index contributed by atoms with van der Waals surface area (Å²) in [5.41, 5.74) is 2.27. The molecule has 1 aromatic heterocycles. The third kappa shape index (κ3) is 3.72. The number of amides is 1. The summed E-state index contributed by atoms with van der Waals surface area (Å²) in [7, 11) is 0. The van der Waals surface area contributed by atoms with E-state index in [-0.39, 0.29) is 11.9 Å². The van der Waals surface area contributed by atoms with E-state index in [1.54, 1.807) is 11.8 Å². The van der Waals surface area contributed by atoms with Crippen molar-refractivity contribution in [3.8, 4) is 0 Å². The first-order chi connectivity index (χ1) is 11.2. The van der Waals surface area contributed by atoms with Crippen molar-refractivity contribution in [2.24, 2.45) is 0 Å². The number of benzene rings is 1. The van der Waals surface area contributed by atoms with Gasteiger partial charge in [0.15, 0.2) is 0 Å². The van der Waals surface area contributed by atoms with Crippen LogP contribution in [0, 0.1) is 0 Å². The molecule has 0 fully saturated rings. The molecule has 0 saturated heterocycles. The molecule has 1 aliphatic rings. The van der Waals surface area contributed by atoms with Gasteiger partial charge < -0.3 is 9.32 Å². The molecular weight excluding hydrogens is 330 g/mol. The van der Waals surface area contributed by atoms with Gasteiger partial charge in [-0.05, 0) is 37.7 Å². The summed E-state index contributed by atoms with van der Waals surface area (Å²) in [4.78, 5) is 14.6. The topological polar surface area (TPSA) is 59.2 Å². The lowest BCUT2D eigenvalue weighted by molar-refractivity contribution is -0.116. The monoisotopic (exact) mass is 349 g/mol. The molecule has 7 heteroatoms. The second-order valence-electron chi connectivity index (χ2n) is 5.46. The van der Waals surface area contributed by atoms with Crippen molar-refractivity contribution in [2.75, 3.05) is 16.9 Å². The molecule has 1 atom stereocenters. The van der Waals surface area contributed by atoms with Crippen LogP contribution in [-0.4, -0.2) is 34.2 Å². The maximum absolute atomic E-state index is 12.7. The summed E-state index contributed by atoms with van der Waals surface area (Å²) in [5.74, 6) is 1.68. The second-order valence-corrected chi connectivity index (χ2v) is 7.26. The van der Waals surface area contributed by atoms with E-state index in [4.69, 9.17) is 4.42 Å². The number of thioether (sulfide) groups is 2. The molecule has 1 aliphatic heterocycles. The zero-order valence-electron chi connectivity index (χ0n) is 13.2. The van der Waals surface area contributed by atoms with Crippen LogP contribution >= 0.6 is 23.5 Å². The lowest BCUT2D eigenvalue weighted by Gasteiger charge is -2.35. The van der Waals surface area contributed by atoms with E-state index in [0.717, 1.165) is 18.5 Å². The fourth-order valence-corrected chi connectivity index (χ4v) is 3.74. The Hall–Kier alpha value is -1.47. The van der Waals surface area contributed by atoms with Crippen molar-refractivity contribution < 1.29 is 9.21 Å². The number of aromatic nitrogens is 2. The van der Waals surface area contributed by atoms with Crippen molar-refractivity contribution in [1.29, 1.82) is 0 Å². The summed E-state index contributed by atoms with van der Waals surface area (Å²) < 4.78 is 5.51.